The van der Waals surface area contributed by atoms with Gasteiger partial charge in [-0.2, -0.15) is 0 Å². The van der Waals surface area contributed by atoms with Gasteiger partial charge in [-0.3, -0.25) is 4.79 Å². The van der Waals surface area contributed by atoms with Gasteiger partial charge in [-0.05, 0) is 26.0 Å². The number of hydrogen-bond acceptors (Lipinski definition) is 7. The highest BCUT2D eigenvalue weighted by molar-refractivity contribution is 7.22. The van der Waals surface area contributed by atoms with Gasteiger partial charge in [0, 0.05) is 26.2 Å². The van der Waals surface area contributed by atoms with Crippen molar-refractivity contribution in [3.8, 4) is 0 Å². The molecule has 7 nitrogen and oxygen atoms in total. The lowest BCUT2D eigenvalue weighted by atomic mass is 10.3. The first-order valence-corrected chi connectivity index (χ1v) is 9.97. The maximum Gasteiger partial charge on any atom is 0.271 e. The van der Waals surface area contributed by atoms with Crippen molar-refractivity contribution in [1.29, 1.82) is 0 Å². The molecule has 0 atom stereocenters. The summed E-state index contributed by atoms with van der Waals surface area (Å²) in [5, 5.41) is 7.12. The molecule has 27 heavy (non-hydrogen) atoms. The normalized spacial score (nSPS) is 10.8. The molecule has 0 bridgehead atoms. The summed E-state index contributed by atoms with van der Waals surface area (Å²) in [6.07, 6.45) is 1.47. The Kier molecular flexibility index (Phi) is 6.41. The number of thiazole rings is 1. The van der Waals surface area contributed by atoms with Crippen molar-refractivity contribution in [2.24, 2.45) is 0 Å². The number of para-hydroxylation sites is 1. The number of amides is 1. The fourth-order valence-corrected chi connectivity index (χ4v) is 3.62. The monoisotopic (exact) mass is 404 g/mol. The summed E-state index contributed by atoms with van der Waals surface area (Å²) in [5.74, 6) is 0.184. The number of aromatic nitrogens is 3. The molecule has 0 aliphatic heterocycles. The van der Waals surface area contributed by atoms with E-state index >= 15 is 0 Å². The quantitative estimate of drug-likeness (QED) is 0.559. The molecule has 0 aliphatic rings. The zero-order valence-corrected chi connectivity index (χ0v) is 16.8. The summed E-state index contributed by atoms with van der Waals surface area (Å²) < 4.78 is 1.13. The van der Waals surface area contributed by atoms with E-state index in [0.29, 0.717) is 19.0 Å². The molecule has 0 radical (unpaired) electrons. The van der Waals surface area contributed by atoms with Crippen LogP contribution in [0.15, 0.2) is 30.5 Å². The van der Waals surface area contributed by atoms with Crippen LogP contribution in [0.2, 0.25) is 5.02 Å². The van der Waals surface area contributed by atoms with Crippen LogP contribution in [0.3, 0.4) is 0 Å². The van der Waals surface area contributed by atoms with Crippen LogP contribution in [-0.4, -0.2) is 47.0 Å². The van der Waals surface area contributed by atoms with Crippen LogP contribution in [0.1, 0.15) is 24.3 Å². The van der Waals surface area contributed by atoms with E-state index in [1.165, 1.54) is 6.20 Å². The Morgan fingerprint density at radius 1 is 1.19 bits per heavy atom. The summed E-state index contributed by atoms with van der Waals surface area (Å²) in [5.41, 5.74) is 1.15. The molecule has 1 aromatic carbocycles. The Balaban J connectivity index is 1.56. The number of nitrogens with one attached hydrogen (secondary N) is 2. The highest BCUT2D eigenvalue weighted by Gasteiger charge is 2.16. The van der Waals surface area contributed by atoms with E-state index in [1.54, 1.807) is 11.3 Å². The first-order chi connectivity index (χ1) is 13.1. The van der Waals surface area contributed by atoms with Gasteiger partial charge in [0.1, 0.15) is 0 Å². The highest BCUT2D eigenvalue weighted by Crippen LogP contribution is 2.25. The summed E-state index contributed by atoms with van der Waals surface area (Å²) in [6.45, 7) is 6.51. The third kappa shape index (κ3) is 4.64. The van der Waals surface area contributed by atoms with Crippen LogP contribution in [0, 0.1) is 0 Å². The van der Waals surface area contributed by atoms with Crippen LogP contribution >= 0.6 is 22.9 Å². The maximum atomic E-state index is 12.4. The summed E-state index contributed by atoms with van der Waals surface area (Å²) in [7, 11) is 0. The number of halogens is 1. The zero-order valence-electron chi connectivity index (χ0n) is 15.2. The predicted octanol–water partition coefficient (Wildman–Crippen LogP) is 3.43. The number of anilines is 2. The minimum Gasteiger partial charge on any atom is -0.360 e. The van der Waals surface area contributed by atoms with Crippen molar-refractivity contribution in [2.75, 3.05) is 36.4 Å². The topological polar surface area (TPSA) is 83.0 Å². The van der Waals surface area contributed by atoms with E-state index in [4.69, 9.17) is 11.6 Å². The number of fused-ring (bicyclic) bond motifs is 1. The average molecular weight is 405 g/mol. The standard InChI is InChI=1S/C18H21ClN6OS/c1-3-25(4-2)17-22-11-12(19)15(24-17)16(26)20-9-10-21-18-23-13-7-5-6-8-14(13)27-18/h5-8,11H,3-4,9-10H2,1-2H3,(H,20,26)(H,21,23). The highest BCUT2D eigenvalue weighted by atomic mass is 35.5. The number of benzene rings is 1. The number of carbonyl (C=O) groups excluding carboxylic acids is 1. The molecule has 1 amide bonds. The fraction of sp³-hybridized carbons (Fsp3) is 0.333. The summed E-state index contributed by atoms with van der Waals surface area (Å²) in [4.78, 5) is 27.4. The number of nitrogens with zero attached hydrogens (tertiary/aromatic N) is 4. The molecule has 9 heteroatoms. The fourth-order valence-electron chi connectivity index (χ4n) is 2.55. The molecule has 3 aromatic rings. The summed E-state index contributed by atoms with van der Waals surface area (Å²) >= 11 is 7.69. The number of hydrogen-bond donors (Lipinski definition) is 2. The average Bonchev–Trinajstić information content (AvgIpc) is 3.10. The Morgan fingerprint density at radius 3 is 2.70 bits per heavy atom. The number of carbonyl (C=O) groups is 1. The van der Waals surface area contributed by atoms with Crippen LogP contribution in [0.25, 0.3) is 10.2 Å². The van der Waals surface area contributed by atoms with Crippen molar-refractivity contribution in [2.45, 2.75) is 13.8 Å². The van der Waals surface area contributed by atoms with Crippen molar-refractivity contribution in [1.82, 2.24) is 20.3 Å². The lowest BCUT2D eigenvalue weighted by Gasteiger charge is -2.19. The van der Waals surface area contributed by atoms with Crippen molar-refractivity contribution >= 4 is 50.1 Å². The third-order valence-electron chi connectivity index (χ3n) is 3.97. The third-order valence-corrected chi connectivity index (χ3v) is 5.24. The minimum absolute atomic E-state index is 0.188. The van der Waals surface area contributed by atoms with Gasteiger partial charge < -0.3 is 15.5 Å². The van der Waals surface area contributed by atoms with E-state index in [0.717, 1.165) is 28.4 Å². The first kappa shape index (κ1) is 19.3. The Hall–Kier alpha value is -2.45. The minimum atomic E-state index is -0.318. The second-order valence-electron chi connectivity index (χ2n) is 5.71. The molecule has 3 rings (SSSR count). The molecular weight excluding hydrogens is 384 g/mol. The van der Waals surface area contributed by atoms with E-state index in [1.807, 2.05) is 43.0 Å². The second-order valence-corrected chi connectivity index (χ2v) is 7.15. The lowest BCUT2D eigenvalue weighted by Crippen LogP contribution is -2.31. The number of rotatable bonds is 8. The van der Waals surface area contributed by atoms with Crippen molar-refractivity contribution in [3.05, 3.63) is 41.2 Å². The van der Waals surface area contributed by atoms with Gasteiger partial charge >= 0.3 is 0 Å². The molecule has 2 N–H and O–H groups in total. The lowest BCUT2D eigenvalue weighted by molar-refractivity contribution is 0.0950. The van der Waals surface area contributed by atoms with Crippen molar-refractivity contribution in [3.63, 3.8) is 0 Å². The Bertz CT molecular complexity index is 894. The smallest absolute Gasteiger partial charge is 0.271 e. The molecule has 0 saturated heterocycles. The second kappa shape index (κ2) is 8.96. The van der Waals surface area contributed by atoms with Gasteiger partial charge in [-0.15, -0.1) is 0 Å². The maximum absolute atomic E-state index is 12.4. The van der Waals surface area contributed by atoms with E-state index in [9.17, 15) is 4.79 Å². The van der Waals surface area contributed by atoms with Crippen LogP contribution in [0.5, 0.6) is 0 Å². The van der Waals surface area contributed by atoms with Crippen LogP contribution in [0.4, 0.5) is 11.1 Å². The molecule has 2 aromatic heterocycles. The molecule has 0 saturated carbocycles. The van der Waals surface area contributed by atoms with Crippen LogP contribution < -0.4 is 15.5 Å². The molecule has 0 unspecified atom stereocenters. The van der Waals surface area contributed by atoms with Gasteiger partial charge in [-0.25, -0.2) is 15.0 Å². The molecule has 0 spiro atoms. The van der Waals surface area contributed by atoms with Gasteiger partial charge in [0.2, 0.25) is 5.95 Å². The molecule has 2 heterocycles. The first-order valence-electron chi connectivity index (χ1n) is 8.77. The van der Waals surface area contributed by atoms with Crippen molar-refractivity contribution < 1.29 is 4.79 Å². The summed E-state index contributed by atoms with van der Waals surface area (Å²) in [6, 6.07) is 7.96. The molecular formula is C18H21ClN6OS. The van der Waals surface area contributed by atoms with E-state index < -0.39 is 0 Å². The van der Waals surface area contributed by atoms with Crippen LogP contribution in [-0.2, 0) is 0 Å². The van der Waals surface area contributed by atoms with E-state index in [-0.39, 0.29) is 16.6 Å². The molecule has 0 fully saturated rings. The van der Waals surface area contributed by atoms with Gasteiger partial charge in [0.15, 0.2) is 10.8 Å². The zero-order chi connectivity index (χ0) is 19.2. The van der Waals surface area contributed by atoms with Gasteiger partial charge in [0.25, 0.3) is 5.91 Å². The SMILES string of the molecule is CCN(CC)c1ncc(Cl)c(C(=O)NCCNc2nc3ccccc3s2)n1. The van der Waals surface area contributed by atoms with Gasteiger partial charge in [-0.1, -0.05) is 35.1 Å². The Morgan fingerprint density at radius 2 is 1.96 bits per heavy atom. The van der Waals surface area contributed by atoms with E-state index in [2.05, 4.69) is 25.6 Å². The predicted molar refractivity (Wildman–Crippen MR) is 111 cm³/mol. The van der Waals surface area contributed by atoms with Gasteiger partial charge in [0.05, 0.1) is 21.4 Å². The Labute approximate surface area is 166 Å². The molecule has 0 aliphatic carbocycles. The largest absolute Gasteiger partial charge is 0.360 e. The molecule has 142 valence electrons.